The van der Waals surface area contributed by atoms with Crippen molar-refractivity contribution in [2.75, 3.05) is 23.9 Å². The summed E-state index contributed by atoms with van der Waals surface area (Å²) in [4.78, 5) is 16.0. The Balaban J connectivity index is 2.15. The van der Waals surface area contributed by atoms with Crippen molar-refractivity contribution in [2.24, 2.45) is 0 Å². The third kappa shape index (κ3) is 3.12. The van der Waals surface area contributed by atoms with Crippen LogP contribution in [0.3, 0.4) is 0 Å². The molecule has 0 fully saturated rings. The average molecular weight is 258 g/mol. The Bertz CT molecular complexity index is 576. The topological polar surface area (TPSA) is 103 Å². The molecule has 98 valence electrons. The third-order valence-corrected chi connectivity index (χ3v) is 2.44. The average Bonchev–Trinajstić information content (AvgIpc) is 2.38. The first-order valence-electron chi connectivity index (χ1n) is 5.56. The number of hydrogen-bond acceptors (Lipinski definition) is 5. The monoisotopic (exact) mass is 258 g/mol. The minimum Gasteiger partial charge on any atom is -0.481 e. The van der Waals surface area contributed by atoms with Gasteiger partial charge >= 0.3 is 0 Å². The minimum atomic E-state index is -0.300. The lowest BCUT2D eigenvalue weighted by Crippen LogP contribution is -2.12. The highest BCUT2D eigenvalue weighted by Crippen LogP contribution is 2.16. The van der Waals surface area contributed by atoms with E-state index in [4.69, 9.17) is 16.2 Å². The molecule has 1 heterocycles. The molecule has 6 heteroatoms. The molecule has 1 aromatic carbocycles. The van der Waals surface area contributed by atoms with Crippen LogP contribution in [-0.2, 0) is 0 Å². The third-order valence-electron chi connectivity index (χ3n) is 2.44. The number of pyridine rings is 1. The molecule has 6 nitrogen and oxygen atoms in total. The summed E-state index contributed by atoms with van der Waals surface area (Å²) in [5.74, 6) is 0.178. The molecule has 0 unspecified atom stereocenters. The largest absolute Gasteiger partial charge is 0.481 e. The van der Waals surface area contributed by atoms with Crippen LogP contribution in [0.15, 0.2) is 36.5 Å². The molecule has 0 bridgehead atoms. The van der Waals surface area contributed by atoms with Crippen LogP contribution >= 0.6 is 0 Å². The summed E-state index contributed by atoms with van der Waals surface area (Å²) in [6, 6.07) is 8.06. The number of benzene rings is 1. The second kappa shape index (κ2) is 5.26. The maximum atomic E-state index is 12.0. The van der Waals surface area contributed by atoms with E-state index in [9.17, 15) is 4.79 Å². The van der Waals surface area contributed by atoms with E-state index in [2.05, 4.69) is 10.3 Å². The zero-order valence-electron chi connectivity index (χ0n) is 10.4. The molecule has 1 amide bonds. The molecule has 0 radical (unpaired) electrons. The van der Waals surface area contributed by atoms with Gasteiger partial charge in [-0.05, 0) is 24.3 Å². The van der Waals surface area contributed by atoms with Gasteiger partial charge < -0.3 is 21.5 Å². The van der Waals surface area contributed by atoms with E-state index in [1.54, 1.807) is 30.3 Å². The molecule has 1 aromatic heterocycles. The molecular formula is C13H14N4O2. The van der Waals surface area contributed by atoms with Gasteiger partial charge in [0.2, 0.25) is 5.88 Å². The van der Waals surface area contributed by atoms with Crippen LogP contribution in [0.25, 0.3) is 0 Å². The number of rotatable bonds is 3. The van der Waals surface area contributed by atoms with Gasteiger partial charge in [-0.15, -0.1) is 0 Å². The van der Waals surface area contributed by atoms with E-state index < -0.39 is 0 Å². The van der Waals surface area contributed by atoms with E-state index in [0.29, 0.717) is 28.5 Å². The Kier molecular flexibility index (Phi) is 3.51. The normalized spacial score (nSPS) is 9.95. The Morgan fingerprint density at radius 2 is 1.89 bits per heavy atom. The molecule has 0 atom stereocenters. The number of ether oxygens (including phenoxy) is 1. The number of carbonyl (C=O) groups excluding carboxylic acids is 1. The molecule has 0 aliphatic carbocycles. The zero-order valence-corrected chi connectivity index (χ0v) is 10.4. The van der Waals surface area contributed by atoms with E-state index in [-0.39, 0.29) is 5.91 Å². The first-order valence-corrected chi connectivity index (χ1v) is 5.56. The highest BCUT2D eigenvalue weighted by Gasteiger charge is 2.08. The molecule has 0 aliphatic heterocycles. The summed E-state index contributed by atoms with van der Waals surface area (Å²) in [5.41, 5.74) is 13.1. The Morgan fingerprint density at radius 1 is 1.21 bits per heavy atom. The van der Waals surface area contributed by atoms with Crippen molar-refractivity contribution < 1.29 is 9.53 Å². The maximum absolute atomic E-state index is 12.0. The number of nitrogens with one attached hydrogen (secondary N) is 1. The predicted molar refractivity (Wildman–Crippen MR) is 74.0 cm³/mol. The van der Waals surface area contributed by atoms with Crippen molar-refractivity contribution in [2.45, 2.75) is 0 Å². The number of carbonyl (C=O) groups is 1. The molecule has 19 heavy (non-hydrogen) atoms. The van der Waals surface area contributed by atoms with Gasteiger partial charge in [0.25, 0.3) is 5.91 Å². The van der Waals surface area contributed by atoms with Gasteiger partial charge in [0.15, 0.2) is 0 Å². The molecule has 0 saturated heterocycles. The molecular weight excluding hydrogens is 244 g/mol. The van der Waals surface area contributed by atoms with Gasteiger partial charge in [-0.1, -0.05) is 0 Å². The second-order valence-electron chi connectivity index (χ2n) is 3.93. The van der Waals surface area contributed by atoms with Crippen LogP contribution in [0.1, 0.15) is 10.4 Å². The minimum absolute atomic E-state index is 0.300. The van der Waals surface area contributed by atoms with Crippen LogP contribution in [-0.4, -0.2) is 18.0 Å². The van der Waals surface area contributed by atoms with Crippen molar-refractivity contribution >= 4 is 23.0 Å². The lowest BCUT2D eigenvalue weighted by Gasteiger charge is -2.07. The smallest absolute Gasteiger partial charge is 0.255 e. The predicted octanol–water partition coefficient (Wildman–Crippen LogP) is 1.51. The number of methoxy groups -OCH3 is 1. The van der Waals surface area contributed by atoms with Crippen LogP contribution < -0.4 is 21.5 Å². The molecule has 0 aliphatic rings. The lowest BCUT2D eigenvalue weighted by atomic mass is 10.1. The molecule has 2 aromatic rings. The highest BCUT2D eigenvalue weighted by atomic mass is 16.5. The van der Waals surface area contributed by atoms with E-state index >= 15 is 0 Å². The number of amides is 1. The van der Waals surface area contributed by atoms with Crippen molar-refractivity contribution in [1.29, 1.82) is 0 Å². The molecule has 0 saturated carbocycles. The van der Waals surface area contributed by atoms with Crippen LogP contribution in [0.2, 0.25) is 0 Å². The number of nitrogens with zero attached hydrogens (tertiary/aromatic N) is 1. The van der Waals surface area contributed by atoms with Crippen LogP contribution in [0, 0.1) is 0 Å². The first kappa shape index (κ1) is 12.7. The quantitative estimate of drug-likeness (QED) is 0.724. The SMILES string of the molecule is COc1ccc(NC(=O)c2cc(N)cc(N)c2)cn1. The van der Waals surface area contributed by atoms with Crippen molar-refractivity contribution in [3.05, 3.63) is 42.1 Å². The summed E-state index contributed by atoms with van der Waals surface area (Å²) in [5, 5.41) is 2.70. The van der Waals surface area contributed by atoms with E-state index in [1.807, 2.05) is 0 Å². The molecule has 5 N–H and O–H groups in total. The van der Waals surface area contributed by atoms with Crippen LogP contribution in [0.5, 0.6) is 5.88 Å². The van der Waals surface area contributed by atoms with Crippen molar-refractivity contribution in [1.82, 2.24) is 4.98 Å². The molecule has 2 rings (SSSR count). The first-order chi connectivity index (χ1) is 9.08. The Labute approximate surface area is 110 Å². The van der Waals surface area contributed by atoms with E-state index in [0.717, 1.165) is 0 Å². The van der Waals surface area contributed by atoms with Gasteiger partial charge in [-0.3, -0.25) is 4.79 Å². The zero-order chi connectivity index (χ0) is 13.8. The fourth-order valence-corrected chi connectivity index (χ4v) is 1.59. The summed E-state index contributed by atoms with van der Waals surface area (Å²) in [6.45, 7) is 0. The summed E-state index contributed by atoms with van der Waals surface area (Å²) in [6.07, 6.45) is 1.51. The number of nitrogens with two attached hydrogens (primary N) is 2. The van der Waals surface area contributed by atoms with Gasteiger partial charge in [-0.25, -0.2) is 4.98 Å². The Morgan fingerprint density at radius 3 is 2.42 bits per heavy atom. The maximum Gasteiger partial charge on any atom is 0.255 e. The van der Waals surface area contributed by atoms with Crippen molar-refractivity contribution in [3.8, 4) is 5.88 Å². The second-order valence-corrected chi connectivity index (χ2v) is 3.93. The fourth-order valence-electron chi connectivity index (χ4n) is 1.59. The Hall–Kier alpha value is -2.76. The van der Waals surface area contributed by atoms with Gasteiger partial charge in [0.1, 0.15) is 0 Å². The van der Waals surface area contributed by atoms with E-state index in [1.165, 1.54) is 13.3 Å². The fraction of sp³-hybridized carbons (Fsp3) is 0.0769. The summed E-state index contributed by atoms with van der Waals surface area (Å²) >= 11 is 0. The van der Waals surface area contributed by atoms with Gasteiger partial charge in [0.05, 0.1) is 19.0 Å². The lowest BCUT2D eigenvalue weighted by molar-refractivity contribution is 0.102. The van der Waals surface area contributed by atoms with Crippen LogP contribution in [0.4, 0.5) is 17.1 Å². The molecule has 0 spiro atoms. The standard InChI is InChI=1S/C13H14N4O2/c1-19-12-3-2-11(7-16-12)17-13(18)8-4-9(14)6-10(15)5-8/h2-7H,14-15H2,1H3,(H,17,18). The summed E-state index contributed by atoms with van der Waals surface area (Å²) in [7, 11) is 1.52. The number of hydrogen-bond donors (Lipinski definition) is 3. The van der Waals surface area contributed by atoms with Gasteiger partial charge in [-0.2, -0.15) is 0 Å². The number of anilines is 3. The van der Waals surface area contributed by atoms with Crippen molar-refractivity contribution in [3.63, 3.8) is 0 Å². The van der Waals surface area contributed by atoms with Gasteiger partial charge in [0, 0.05) is 23.0 Å². The summed E-state index contributed by atoms with van der Waals surface area (Å²) < 4.78 is 4.93. The number of nitrogen functional groups attached to an aromatic ring is 2. The number of aromatic nitrogens is 1. The highest BCUT2D eigenvalue weighted by molar-refractivity contribution is 6.05.